The SMILES string of the molecule is CC#CCOc1nc(F)nc(N2CC(C)CC(C)C2)c1Cl. The first-order chi connectivity index (χ1) is 10.0. The quantitative estimate of drug-likeness (QED) is 0.635. The first kappa shape index (κ1) is 15.8. The van der Waals surface area contributed by atoms with Crippen LogP contribution in [-0.4, -0.2) is 29.7 Å². The van der Waals surface area contributed by atoms with Gasteiger partial charge in [-0.3, -0.25) is 0 Å². The number of halogens is 2. The van der Waals surface area contributed by atoms with E-state index in [9.17, 15) is 4.39 Å². The van der Waals surface area contributed by atoms with Gasteiger partial charge in [-0.25, -0.2) is 0 Å². The summed E-state index contributed by atoms with van der Waals surface area (Å²) in [6.07, 6.45) is 0.316. The van der Waals surface area contributed by atoms with Crippen LogP contribution in [0.15, 0.2) is 0 Å². The van der Waals surface area contributed by atoms with E-state index in [1.807, 2.05) is 4.90 Å². The number of piperidine rings is 1. The van der Waals surface area contributed by atoms with Crippen molar-refractivity contribution < 1.29 is 9.13 Å². The van der Waals surface area contributed by atoms with E-state index >= 15 is 0 Å². The fourth-order valence-electron chi connectivity index (χ4n) is 2.71. The lowest BCUT2D eigenvalue weighted by atomic mass is 9.92. The molecule has 6 heteroatoms. The van der Waals surface area contributed by atoms with Crippen molar-refractivity contribution in [1.82, 2.24) is 9.97 Å². The van der Waals surface area contributed by atoms with Gasteiger partial charge in [0.05, 0.1) is 0 Å². The highest BCUT2D eigenvalue weighted by atomic mass is 35.5. The van der Waals surface area contributed by atoms with Crippen LogP contribution in [0.4, 0.5) is 10.2 Å². The van der Waals surface area contributed by atoms with E-state index in [4.69, 9.17) is 16.3 Å². The standard InChI is InChI=1S/C15H19ClFN3O/c1-4-5-6-21-14-12(16)13(18-15(17)19-14)20-8-10(2)7-11(3)9-20/h10-11H,6-9H2,1-3H3. The Bertz CT molecular complexity index is 560. The molecule has 2 rings (SSSR count). The highest BCUT2D eigenvalue weighted by Gasteiger charge is 2.26. The van der Waals surface area contributed by atoms with Gasteiger partial charge in [0.25, 0.3) is 0 Å². The van der Waals surface area contributed by atoms with Crippen LogP contribution >= 0.6 is 11.6 Å². The Morgan fingerprint density at radius 2 is 2.00 bits per heavy atom. The second-order valence-electron chi connectivity index (χ2n) is 5.50. The molecule has 1 aliphatic rings. The van der Waals surface area contributed by atoms with Crippen LogP contribution in [0.25, 0.3) is 0 Å². The maximum absolute atomic E-state index is 13.6. The van der Waals surface area contributed by atoms with Crippen LogP contribution in [0, 0.1) is 29.8 Å². The summed E-state index contributed by atoms with van der Waals surface area (Å²) in [5, 5.41) is 0.246. The Kier molecular flexibility index (Phi) is 5.24. The first-order valence-electron chi connectivity index (χ1n) is 7.01. The summed E-state index contributed by atoms with van der Waals surface area (Å²) in [5.41, 5.74) is 0. The van der Waals surface area contributed by atoms with Crippen LogP contribution in [0.5, 0.6) is 5.88 Å². The largest absolute Gasteiger partial charge is 0.463 e. The Labute approximate surface area is 129 Å². The smallest absolute Gasteiger partial charge is 0.313 e. The molecule has 0 bridgehead atoms. The maximum atomic E-state index is 13.6. The molecule has 0 spiro atoms. The third-order valence-electron chi connectivity index (χ3n) is 3.40. The van der Waals surface area contributed by atoms with Crippen molar-refractivity contribution in [2.45, 2.75) is 27.2 Å². The maximum Gasteiger partial charge on any atom is 0.313 e. The van der Waals surface area contributed by atoms with E-state index in [0.29, 0.717) is 17.7 Å². The second kappa shape index (κ2) is 6.95. The molecule has 4 nitrogen and oxygen atoms in total. The van der Waals surface area contributed by atoms with E-state index in [2.05, 4.69) is 35.7 Å². The third kappa shape index (κ3) is 3.98. The Morgan fingerprint density at radius 1 is 1.33 bits per heavy atom. The van der Waals surface area contributed by atoms with Crippen LogP contribution in [0.2, 0.25) is 5.02 Å². The normalized spacial score (nSPS) is 21.7. The average Bonchev–Trinajstić information content (AvgIpc) is 2.41. The minimum atomic E-state index is -0.834. The number of aromatic nitrogens is 2. The van der Waals surface area contributed by atoms with Crippen molar-refractivity contribution >= 4 is 17.4 Å². The number of rotatable bonds is 3. The number of anilines is 1. The van der Waals surface area contributed by atoms with Gasteiger partial charge in [-0.2, -0.15) is 14.4 Å². The Morgan fingerprint density at radius 3 is 2.62 bits per heavy atom. The summed E-state index contributed by atoms with van der Waals surface area (Å²) in [5.74, 6) is 6.90. The van der Waals surface area contributed by atoms with Gasteiger partial charge < -0.3 is 9.64 Å². The molecule has 114 valence electrons. The summed E-state index contributed by atoms with van der Waals surface area (Å²) in [7, 11) is 0. The van der Waals surface area contributed by atoms with E-state index in [-0.39, 0.29) is 17.5 Å². The number of hydrogen-bond donors (Lipinski definition) is 0. The Hall–Kier alpha value is -1.54. The van der Waals surface area contributed by atoms with E-state index in [1.165, 1.54) is 0 Å². The van der Waals surface area contributed by atoms with Crippen LogP contribution in [0.3, 0.4) is 0 Å². The third-order valence-corrected chi connectivity index (χ3v) is 3.73. The molecule has 1 saturated heterocycles. The van der Waals surface area contributed by atoms with Gasteiger partial charge in [0.1, 0.15) is 5.02 Å². The lowest BCUT2D eigenvalue weighted by Crippen LogP contribution is -2.39. The highest BCUT2D eigenvalue weighted by molar-refractivity contribution is 6.34. The number of ether oxygens (including phenoxy) is 1. The van der Waals surface area contributed by atoms with Gasteiger partial charge in [0.15, 0.2) is 12.4 Å². The number of nitrogens with zero attached hydrogens (tertiary/aromatic N) is 3. The van der Waals surface area contributed by atoms with Crippen LogP contribution in [-0.2, 0) is 0 Å². The molecule has 0 aromatic carbocycles. The molecule has 21 heavy (non-hydrogen) atoms. The summed E-state index contributed by atoms with van der Waals surface area (Å²) >= 11 is 6.28. The topological polar surface area (TPSA) is 38.3 Å². The van der Waals surface area contributed by atoms with Gasteiger partial charge >= 0.3 is 6.08 Å². The second-order valence-corrected chi connectivity index (χ2v) is 5.88. The fourth-order valence-corrected chi connectivity index (χ4v) is 2.97. The van der Waals surface area contributed by atoms with Gasteiger partial charge in [0.2, 0.25) is 5.88 Å². The first-order valence-corrected chi connectivity index (χ1v) is 7.39. The molecule has 1 fully saturated rings. The van der Waals surface area contributed by atoms with Crippen LogP contribution < -0.4 is 9.64 Å². The lowest BCUT2D eigenvalue weighted by Gasteiger charge is -2.36. The van der Waals surface area contributed by atoms with Gasteiger partial charge in [-0.15, -0.1) is 5.92 Å². The average molecular weight is 312 g/mol. The van der Waals surface area contributed by atoms with Crippen molar-refractivity contribution in [2.75, 3.05) is 24.6 Å². The minimum absolute atomic E-state index is 0.0489. The lowest BCUT2D eigenvalue weighted by molar-refractivity contribution is 0.338. The molecule has 0 aliphatic carbocycles. The highest BCUT2D eigenvalue weighted by Crippen LogP contribution is 2.34. The summed E-state index contributed by atoms with van der Waals surface area (Å²) < 4.78 is 19.0. The molecule has 1 aromatic rings. The molecule has 0 saturated carbocycles. The van der Waals surface area contributed by atoms with Gasteiger partial charge in [0, 0.05) is 13.1 Å². The zero-order valence-corrected chi connectivity index (χ0v) is 13.2. The molecular formula is C15H19ClFN3O. The zero-order valence-electron chi connectivity index (χ0n) is 12.5. The summed E-state index contributed by atoms with van der Waals surface area (Å²) in [4.78, 5) is 9.47. The minimum Gasteiger partial charge on any atom is -0.463 e. The molecule has 1 aliphatic heterocycles. The van der Waals surface area contributed by atoms with Crippen molar-refractivity contribution in [1.29, 1.82) is 0 Å². The predicted molar refractivity (Wildman–Crippen MR) is 81.1 cm³/mol. The molecule has 2 heterocycles. The number of hydrogen-bond acceptors (Lipinski definition) is 4. The summed E-state index contributed by atoms with van der Waals surface area (Å²) in [6.45, 7) is 7.76. The van der Waals surface area contributed by atoms with Gasteiger partial charge in [-0.05, 0) is 25.2 Å². The van der Waals surface area contributed by atoms with Crippen molar-refractivity contribution in [3.8, 4) is 17.7 Å². The van der Waals surface area contributed by atoms with Crippen molar-refractivity contribution in [3.63, 3.8) is 0 Å². The Balaban J connectivity index is 2.27. The molecule has 0 radical (unpaired) electrons. The van der Waals surface area contributed by atoms with E-state index < -0.39 is 6.08 Å². The molecule has 0 N–H and O–H groups in total. The molecular weight excluding hydrogens is 293 g/mol. The van der Waals surface area contributed by atoms with Gasteiger partial charge in [-0.1, -0.05) is 31.4 Å². The van der Waals surface area contributed by atoms with Crippen molar-refractivity contribution in [3.05, 3.63) is 11.1 Å². The fraction of sp³-hybridized carbons (Fsp3) is 0.600. The van der Waals surface area contributed by atoms with Crippen LogP contribution in [0.1, 0.15) is 27.2 Å². The molecule has 1 aromatic heterocycles. The van der Waals surface area contributed by atoms with E-state index in [1.54, 1.807) is 6.92 Å². The molecule has 2 atom stereocenters. The summed E-state index contributed by atoms with van der Waals surface area (Å²) in [6, 6.07) is 0. The van der Waals surface area contributed by atoms with Crippen molar-refractivity contribution in [2.24, 2.45) is 11.8 Å². The van der Waals surface area contributed by atoms with E-state index in [0.717, 1.165) is 19.5 Å². The monoisotopic (exact) mass is 311 g/mol. The molecule has 0 amide bonds. The molecule has 2 unspecified atom stereocenters. The zero-order chi connectivity index (χ0) is 15.4. The predicted octanol–water partition coefficient (Wildman–Crippen LogP) is 3.15.